The molecule has 22 heavy (non-hydrogen) atoms. The summed E-state index contributed by atoms with van der Waals surface area (Å²) in [4.78, 5) is 23.1. The van der Waals surface area contributed by atoms with E-state index in [2.05, 4.69) is 15.8 Å². The molecule has 0 saturated carbocycles. The second-order valence-electron chi connectivity index (χ2n) is 4.42. The molecular formula is C16H14FN3O2. The number of hydrazone groups is 1. The van der Waals surface area contributed by atoms with Gasteiger partial charge in [0, 0.05) is 6.54 Å². The van der Waals surface area contributed by atoms with Crippen LogP contribution in [0.3, 0.4) is 0 Å². The molecule has 112 valence electrons. The molecule has 0 heterocycles. The van der Waals surface area contributed by atoms with Gasteiger partial charge in [-0.1, -0.05) is 42.5 Å². The van der Waals surface area contributed by atoms with Gasteiger partial charge in [0.2, 0.25) is 0 Å². The van der Waals surface area contributed by atoms with Gasteiger partial charge in [0.1, 0.15) is 5.82 Å². The van der Waals surface area contributed by atoms with E-state index in [4.69, 9.17) is 0 Å². The molecule has 2 amide bonds. The normalized spacial score (nSPS) is 10.4. The highest BCUT2D eigenvalue weighted by Crippen LogP contribution is 1.99. The lowest BCUT2D eigenvalue weighted by molar-refractivity contribution is -0.139. The third-order valence-corrected chi connectivity index (χ3v) is 2.75. The third kappa shape index (κ3) is 4.82. The zero-order valence-electron chi connectivity index (χ0n) is 11.6. The molecule has 2 rings (SSSR count). The Morgan fingerprint density at radius 2 is 1.68 bits per heavy atom. The Balaban J connectivity index is 1.79. The maximum atomic E-state index is 12.7. The lowest BCUT2D eigenvalue weighted by Gasteiger charge is -2.03. The van der Waals surface area contributed by atoms with E-state index >= 15 is 0 Å². The zero-order valence-corrected chi connectivity index (χ0v) is 11.6. The van der Waals surface area contributed by atoms with Crippen LogP contribution >= 0.6 is 0 Å². The van der Waals surface area contributed by atoms with Crippen LogP contribution in [-0.2, 0) is 16.1 Å². The van der Waals surface area contributed by atoms with Gasteiger partial charge in [0.25, 0.3) is 0 Å². The zero-order chi connectivity index (χ0) is 15.8. The first-order chi connectivity index (χ1) is 10.6. The van der Waals surface area contributed by atoms with Gasteiger partial charge in [-0.3, -0.25) is 9.59 Å². The topological polar surface area (TPSA) is 70.6 Å². The fourth-order valence-corrected chi connectivity index (χ4v) is 1.62. The molecule has 6 heteroatoms. The molecule has 0 aliphatic rings. The average molecular weight is 299 g/mol. The molecule has 0 aliphatic heterocycles. The molecule has 0 spiro atoms. The highest BCUT2D eigenvalue weighted by atomic mass is 19.1. The molecular weight excluding hydrogens is 285 g/mol. The van der Waals surface area contributed by atoms with Crippen molar-refractivity contribution < 1.29 is 14.0 Å². The van der Waals surface area contributed by atoms with Crippen molar-refractivity contribution in [3.63, 3.8) is 0 Å². The van der Waals surface area contributed by atoms with E-state index in [1.165, 1.54) is 30.5 Å². The third-order valence-electron chi connectivity index (χ3n) is 2.75. The van der Waals surface area contributed by atoms with Crippen LogP contribution in [0.5, 0.6) is 0 Å². The van der Waals surface area contributed by atoms with Crippen LogP contribution < -0.4 is 10.7 Å². The smallest absolute Gasteiger partial charge is 0.329 e. The van der Waals surface area contributed by atoms with Gasteiger partial charge in [0.15, 0.2) is 0 Å². The van der Waals surface area contributed by atoms with Gasteiger partial charge in [-0.2, -0.15) is 5.10 Å². The van der Waals surface area contributed by atoms with Crippen molar-refractivity contribution in [2.24, 2.45) is 5.10 Å². The summed E-state index contributed by atoms with van der Waals surface area (Å²) in [5, 5.41) is 6.12. The van der Waals surface area contributed by atoms with Crippen molar-refractivity contribution in [3.8, 4) is 0 Å². The Labute approximate surface area is 126 Å². The number of nitrogens with zero attached hydrogens (tertiary/aromatic N) is 1. The van der Waals surface area contributed by atoms with E-state index in [0.717, 1.165) is 5.56 Å². The summed E-state index contributed by atoms with van der Waals surface area (Å²) in [5.41, 5.74) is 3.60. The Morgan fingerprint density at radius 3 is 2.36 bits per heavy atom. The first kappa shape index (κ1) is 15.4. The Kier molecular flexibility index (Phi) is 5.37. The Morgan fingerprint density at radius 1 is 1.00 bits per heavy atom. The molecule has 2 N–H and O–H groups in total. The molecule has 0 saturated heterocycles. The van der Waals surface area contributed by atoms with Crippen molar-refractivity contribution in [2.75, 3.05) is 0 Å². The maximum absolute atomic E-state index is 12.7. The first-order valence-corrected chi connectivity index (χ1v) is 6.56. The van der Waals surface area contributed by atoms with Crippen LogP contribution in [0, 0.1) is 5.82 Å². The SMILES string of the molecule is O=C(NCc1ccccc1)C(=O)N/N=C/c1ccc(F)cc1. The Bertz CT molecular complexity index is 670. The lowest BCUT2D eigenvalue weighted by Crippen LogP contribution is -2.37. The number of hydrogen-bond acceptors (Lipinski definition) is 3. The van der Waals surface area contributed by atoms with E-state index in [-0.39, 0.29) is 12.4 Å². The monoisotopic (exact) mass is 299 g/mol. The number of rotatable bonds is 4. The quantitative estimate of drug-likeness (QED) is 0.511. The summed E-state index contributed by atoms with van der Waals surface area (Å²) in [7, 11) is 0. The van der Waals surface area contributed by atoms with E-state index in [1.807, 2.05) is 30.3 Å². The minimum atomic E-state index is -0.866. The number of carbonyl (C=O) groups excluding carboxylic acids is 2. The number of halogens is 1. The predicted molar refractivity (Wildman–Crippen MR) is 80.4 cm³/mol. The van der Waals surface area contributed by atoms with Crippen LogP contribution in [0.1, 0.15) is 11.1 Å². The summed E-state index contributed by atoms with van der Waals surface area (Å²) in [6.07, 6.45) is 1.32. The summed E-state index contributed by atoms with van der Waals surface area (Å²) >= 11 is 0. The second-order valence-corrected chi connectivity index (χ2v) is 4.42. The predicted octanol–water partition coefficient (Wildman–Crippen LogP) is 1.59. The molecule has 0 fully saturated rings. The largest absolute Gasteiger partial charge is 0.344 e. The van der Waals surface area contributed by atoms with Gasteiger partial charge in [-0.25, -0.2) is 9.82 Å². The molecule has 0 bridgehead atoms. The van der Waals surface area contributed by atoms with Crippen LogP contribution in [0.4, 0.5) is 4.39 Å². The van der Waals surface area contributed by atoms with Crippen LogP contribution in [0.15, 0.2) is 59.7 Å². The van der Waals surface area contributed by atoms with Crippen LogP contribution in [0.25, 0.3) is 0 Å². The fraction of sp³-hybridized carbons (Fsp3) is 0.0625. The number of benzene rings is 2. The molecule has 0 atom stereocenters. The molecule has 2 aromatic rings. The molecule has 0 aromatic heterocycles. The van der Waals surface area contributed by atoms with Crippen LogP contribution in [-0.4, -0.2) is 18.0 Å². The number of hydrogen-bond donors (Lipinski definition) is 2. The van der Waals surface area contributed by atoms with Crippen LogP contribution in [0.2, 0.25) is 0 Å². The standard InChI is InChI=1S/C16H14FN3O2/c17-14-8-6-13(7-9-14)11-19-20-16(22)15(21)18-10-12-4-2-1-3-5-12/h1-9,11H,10H2,(H,18,21)(H,20,22)/b19-11+. The number of amides is 2. The van der Waals surface area contributed by atoms with E-state index in [9.17, 15) is 14.0 Å². The molecule has 0 aliphatic carbocycles. The lowest BCUT2D eigenvalue weighted by atomic mass is 10.2. The Hall–Kier alpha value is -3.02. The number of carbonyl (C=O) groups is 2. The summed E-state index contributed by atoms with van der Waals surface area (Å²) in [6, 6.07) is 14.8. The second kappa shape index (κ2) is 7.68. The van der Waals surface area contributed by atoms with Crippen molar-refractivity contribution in [3.05, 3.63) is 71.5 Å². The average Bonchev–Trinajstić information content (AvgIpc) is 2.55. The summed E-state index contributed by atoms with van der Waals surface area (Å²) in [5.74, 6) is -2.00. The number of nitrogens with one attached hydrogen (secondary N) is 2. The van der Waals surface area contributed by atoms with Crippen molar-refractivity contribution in [2.45, 2.75) is 6.54 Å². The molecule has 0 radical (unpaired) electrons. The van der Waals surface area contributed by atoms with Gasteiger partial charge >= 0.3 is 11.8 Å². The van der Waals surface area contributed by atoms with E-state index < -0.39 is 11.8 Å². The van der Waals surface area contributed by atoms with Crippen molar-refractivity contribution in [1.82, 2.24) is 10.7 Å². The molecule has 0 unspecified atom stereocenters. The van der Waals surface area contributed by atoms with Gasteiger partial charge < -0.3 is 5.32 Å². The van der Waals surface area contributed by atoms with Crippen molar-refractivity contribution >= 4 is 18.0 Å². The molecule has 2 aromatic carbocycles. The first-order valence-electron chi connectivity index (χ1n) is 6.56. The van der Waals surface area contributed by atoms with E-state index in [0.29, 0.717) is 5.56 Å². The molecule has 5 nitrogen and oxygen atoms in total. The fourth-order valence-electron chi connectivity index (χ4n) is 1.62. The summed E-state index contributed by atoms with van der Waals surface area (Å²) < 4.78 is 12.7. The van der Waals surface area contributed by atoms with E-state index in [1.54, 1.807) is 0 Å². The summed E-state index contributed by atoms with van der Waals surface area (Å²) in [6.45, 7) is 0.259. The highest BCUT2D eigenvalue weighted by molar-refractivity contribution is 6.35. The minimum absolute atomic E-state index is 0.259. The minimum Gasteiger partial charge on any atom is -0.344 e. The maximum Gasteiger partial charge on any atom is 0.329 e. The van der Waals surface area contributed by atoms with Gasteiger partial charge in [0.05, 0.1) is 6.21 Å². The van der Waals surface area contributed by atoms with Gasteiger partial charge in [-0.05, 0) is 23.3 Å². The van der Waals surface area contributed by atoms with Gasteiger partial charge in [-0.15, -0.1) is 0 Å². The van der Waals surface area contributed by atoms with Crippen molar-refractivity contribution in [1.29, 1.82) is 0 Å². The highest BCUT2D eigenvalue weighted by Gasteiger charge is 2.11.